The summed E-state index contributed by atoms with van der Waals surface area (Å²) in [4.78, 5) is 0. The molecule has 2 aromatic carbocycles. The molecular formula is C18H25O2PSi. The number of hydrogen-bond acceptors (Lipinski definition) is 2. The number of benzene rings is 2. The van der Waals surface area contributed by atoms with Crippen molar-refractivity contribution in [3.05, 3.63) is 60.7 Å². The zero-order chi connectivity index (χ0) is 16.2. The van der Waals surface area contributed by atoms with Crippen LogP contribution in [-0.4, -0.2) is 20.6 Å². The Morgan fingerprint density at radius 3 is 1.68 bits per heavy atom. The molecule has 4 heteroatoms. The molecule has 2 rings (SSSR count). The molecule has 0 aliphatic carbocycles. The zero-order valence-corrected chi connectivity index (χ0v) is 15.7. The van der Waals surface area contributed by atoms with Crippen molar-refractivity contribution >= 4 is 26.1 Å². The van der Waals surface area contributed by atoms with E-state index in [-0.39, 0.29) is 6.10 Å². The Labute approximate surface area is 135 Å². The van der Waals surface area contributed by atoms with Crippen LogP contribution in [0.1, 0.15) is 6.92 Å². The Balaban J connectivity index is 2.38. The van der Waals surface area contributed by atoms with E-state index in [0.29, 0.717) is 6.16 Å². The summed E-state index contributed by atoms with van der Waals surface area (Å²) in [5.41, 5.74) is 0. The second-order valence-corrected chi connectivity index (χ2v) is 14.0. The summed E-state index contributed by atoms with van der Waals surface area (Å²) in [6, 6.07) is 19.6. The first-order valence-electron chi connectivity index (χ1n) is 7.69. The minimum absolute atomic E-state index is 0.0158. The maximum Gasteiger partial charge on any atom is 0.184 e. The minimum atomic E-state index is -2.67. The molecule has 0 aliphatic rings. The molecular weight excluding hydrogens is 307 g/mol. The van der Waals surface area contributed by atoms with Crippen LogP contribution < -0.4 is 10.6 Å². The summed E-state index contributed by atoms with van der Waals surface area (Å²) in [5, 5.41) is 1.82. The third-order valence-corrected chi connectivity index (χ3v) is 7.82. The molecule has 0 aromatic heterocycles. The molecule has 0 heterocycles. The summed E-state index contributed by atoms with van der Waals surface area (Å²) >= 11 is 0. The van der Waals surface area contributed by atoms with E-state index in [1.807, 2.05) is 67.6 Å². The van der Waals surface area contributed by atoms with E-state index in [4.69, 9.17) is 4.43 Å². The third-order valence-electron chi connectivity index (χ3n) is 3.42. The molecule has 0 spiro atoms. The van der Waals surface area contributed by atoms with E-state index in [9.17, 15) is 4.57 Å². The fourth-order valence-corrected chi connectivity index (χ4v) is 6.96. The monoisotopic (exact) mass is 332 g/mol. The SMILES string of the molecule is CC(CP(=O)(c1ccccc1)c1ccccc1)O[Si](C)(C)C. The van der Waals surface area contributed by atoms with E-state index in [1.165, 1.54) is 0 Å². The highest BCUT2D eigenvalue weighted by Gasteiger charge is 2.31. The quantitative estimate of drug-likeness (QED) is 0.584. The van der Waals surface area contributed by atoms with Crippen molar-refractivity contribution in [2.75, 3.05) is 6.16 Å². The van der Waals surface area contributed by atoms with Crippen LogP contribution in [0.2, 0.25) is 19.6 Å². The molecule has 0 radical (unpaired) electrons. The van der Waals surface area contributed by atoms with Gasteiger partial charge in [0.1, 0.15) is 7.14 Å². The number of hydrogen-bond donors (Lipinski definition) is 0. The zero-order valence-electron chi connectivity index (χ0n) is 13.8. The maximum atomic E-state index is 13.8. The van der Waals surface area contributed by atoms with Gasteiger partial charge in [0.15, 0.2) is 8.32 Å². The summed E-state index contributed by atoms with van der Waals surface area (Å²) in [7, 11) is -4.31. The van der Waals surface area contributed by atoms with E-state index in [0.717, 1.165) is 10.6 Å². The van der Waals surface area contributed by atoms with Crippen molar-refractivity contribution in [2.45, 2.75) is 32.7 Å². The van der Waals surface area contributed by atoms with Crippen LogP contribution in [0.5, 0.6) is 0 Å². The first-order valence-corrected chi connectivity index (χ1v) is 13.0. The van der Waals surface area contributed by atoms with Crippen molar-refractivity contribution in [1.29, 1.82) is 0 Å². The second kappa shape index (κ2) is 6.95. The van der Waals surface area contributed by atoms with Crippen molar-refractivity contribution in [3.63, 3.8) is 0 Å². The van der Waals surface area contributed by atoms with E-state index in [1.54, 1.807) is 0 Å². The molecule has 22 heavy (non-hydrogen) atoms. The second-order valence-electron chi connectivity index (χ2n) is 6.63. The van der Waals surface area contributed by atoms with Crippen LogP contribution >= 0.6 is 7.14 Å². The van der Waals surface area contributed by atoms with E-state index in [2.05, 4.69) is 19.6 Å². The van der Waals surface area contributed by atoms with Crippen LogP contribution in [0.3, 0.4) is 0 Å². The van der Waals surface area contributed by atoms with Crippen LogP contribution in [0, 0.1) is 0 Å². The summed E-state index contributed by atoms with van der Waals surface area (Å²) in [6.45, 7) is 8.54. The molecule has 0 amide bonds. The van der Waals surface area contributed by atoms with Gasteiger partial charge in [-0.25, -0.2) is 0 Å². The summed E-state index contributed by atoms with van der Waals surface area (Å²) < 4.78 is 20.0. The maximum absolute atomic E-state index is 13.8. The lowest BCUT2D eigenvalue weighted by atomic mass is 10.4. The molecule has 2 aromatic rings. The average Bonchev–Trinajstić information content (AvgIpc) is 2.47. The van der Waals surface area contributed by atoms with E-state index >= 15 is 0 Å². The first-order chi connectivity index (χ1) is 10.3. The van der Waals surface area contributed by atoms with Crippen molar-refractivity contribution in [3.8, 4) is 0 Å². The van der Waals surface area contributed by atoms with Crippen molar-refractivity contribution in [2.24, 2.45) is 0 Å². The lowest BCUT2D eigenvalue weighted by molar-refractivity contribution is 0.237. The molecule has 118 valence electrons. The highest BCUT2D eigenvalue weighted by atomic mass is 31.2. The molecule has 0 N–H and O–H groups in total. The van der Waals surface area contributed by atoms with Crippen LogP contribution in [0.15, 0.2) is 60.7 Å². The lowest BCUT2D eigenvalue weighted by Crippen LogP contribution is -2.34. The molecule has 2 nitrogen and oxygen atoms in total. The first kappa shape index (κ1) is 17.2. The Hall–Kier alpha value is -1.15. The molecule has 0 saturated carbocycles. The fourth-order valence-electron chi connectivity index (χ4n) is 2.70. The van der Waals surface area contributed by atoms with Gasteiger partial charge in [-0.1, -0.05) is 60.7 Å². The predicted molar refractivity (Wildman–Crippen MR) is 98.5 cm³/mol. The Morgan fingerprint density at radius 2 is 1.32 bits per heavy atom. The van der Waals surface area contributed by atoms with Crippen LogP contribution in [0.25, 0.3) is 0 Å². The van der Waals surface area contributed by atoms with Crippen LogP contribution in [-0.2, 0) is 8.99 Å². The molecule has 0 bridgehead atoms. The molecule has 0 aliphatic heterocycles. The van der Waals surface area contributed by atoms with Gasteiger partial charge in [-0.15, -0.1) is 0 Å². The van der Waals surface area contributed by atoms with Gasteiger partial charge in [0.05, 0.1) is 0 Å². The Bertz CT molecular complexity index is 592. The largest absolute Gasteiger partial charge is 0.415 e. The van der Waals surface area contributed by atoms with Gasteiger partial charge < -0.3 is 8.99 Å². The summed E-state index contributed by atoms with van der Waals surface area (Å²) in [5.74, 6) is 0. The standard InChI is InChI=1S/C18H25O2PSi/c1-16(20-22(2,3)4)15-21(19,17-11-7-5-8-12-17)18-13-9-6-10-14-18/h5-14,16H,15H2,1-4H3. The smallest absolute Gasteiger partial charge is 0.184 e. The molecule has 1 atom stereocenters. The minimum Gasteiger partial charge on any atom is -0.415 e. The third kappa shape index (κ3) is 4.42. The summed E-state index contributed by atoms with van der Waals surface area (Å²) in [6.07, 6.45) is 0.531. The Morgan fingerprint density at radius 1 is 0.909 bits per heavy atom. The van der Waals surface area contributed by atoms with E-state index < -0.39 is 15.5 Å². The van der Waals surface area contributed by atoms with Gasteiger partial charge in [0.2, 0.25) is 0 Å². The highest BCUT2D eigenvalue weighted by Crippen LogP contribution is 2.44. The van der Waals surface area contributed by atoms with Crippen LogP contribution in [0.4, 0.5) is 0 Å². The van der Waals surface area contributed by atoms with Gasteiger partial charge in [0.25, 0.3) is 0 Å². The van der Waals surface area contributed by atoms with Gasteiger partial charge in [-0.05, 0) is 26.6 Å². The molecule has 0 fully saturated rings. The van der Waals surface area contributed by atoms with Gasteiger partial charge in [-0.2, -0.15) is 0 Å². The highest BCUT2D eigenvalue weighted by molar-refractivity contribution is 7.78. The van der Waals surface area contributed by atoms with Gasteiger partial charge in [-0.3, -0.25) is 0 Å². The molecule has 0 saturated heterocycles. The molecule has 1 unspecified atom stereocenters. The topological polar surface area (TPSA) is 26.3 Å². The predicted octanol–water partition coefficient (Wildman–Crippen LogP) is 4.24. The van der Waals surface area contributed by atoms with Gasteiger partial charge in [0, 0.05) is 22.9 Å². The van der Waals surface area contributed by atoms with Gasteiger partial charge >= 0.3 is 0 Å². The van der Waals surface area contributed by atoms with Crippen molar-refractivity contribution in [1.82, 2.24) is 0 Å². The van der Waals surface area contributed by atoms with Crippen molar-refractivity contribution < 1.29 is 8.99 Å². The normalized spacial score (nSPS) is 13.8. The average molecular weight is 332 g/mol. The fraction of sp³-hybridized carbons (Fsp3) is 0.333. The Kier molecular flexibility index (Phi) is 5.44. The number of rotatable bonds is 6. The lowest BCUT2D eigenvalue weighted by Gasteiger charge is -2.28.